The molecule has 1 fully saturated rings. The number of rotatable bonds is 12. The smallest absolute Gasteiger partial charge is 0.407 e. The van der Waals surface area contributed by atoms with Gasteiger partial charge >= 0.3 is 18.0 Å². The van der Waals surface area contributed by atoms with E-state index in [4.69, 9.17) is 39.1 Å². The van der Waals surface area contributed by atoms with Crippen molar-refractivity contribution in [3.05, 3.63) is 74.6 Å². The van der Waals surface area contributed by atoms with Gasteiger partial charge in [0, 0.05) is 42.1 Å². The summed E-state index contributed by atoms with van der Waals surface area (Å²) in [6, 6.07) is 8.96. The fourth-order valence-corrected chi connectivity index (χ4v) is 7.59. The van der Waals surface area contributed by atoms with Crippen molar-refractivity contribution >= 4 is 46.4 Å². The fourth-order valence-electron chi connectivity index (χ4n) is 7.59. The number of aliphatic hydroxyl groups is 4. The van der Waals surface area contributed by atoms with Crippen molar-refractivity contribution < 1.29 is 77.9 Å². The molecule has 4 aromatic rings. The standard InChI is InChI=1S/C40H40N6O17/c1-40(57)21-8-24-30-19(12-46(24)35(52)20(21)14-58-38(40)55)18(17-7-26-27(61-15-60-26)9-22(17)45-30)10-42-29(48)11-43-39(56)59-13-16-2-3-25(23(6-16)44-28(47)4-5-41)62-37-33(51)31(49)32(50)34(63-37)36(53)54/h2-3,6-9,31-34,37,49-51,57H,4-5,10-15,41H2,1H3,(H,42,48)(H,43,56)(H,44,47)(H,53,54)/t31-,32-,33+,34-,37+,40-/m0/s1. The highest BCUT2D eigenvalue weighted by atomic mass is 16.7. The molecule has 0 saturated carbocycles. The number of nitrogens with zero attached hydrogens (tertiary/aromatic N) is 2. The Morgan fingerprint density at radius 2 is 1.73 bits per heavy atom. The summed E-state index contributed by atoms with van der Waals surface area (Å²) in [6.07, 6.45) is -10.6. The molecule has 8 rings (SSSR count). The number of cyclic esters (lactones) is 1. The summed E-state index contributed by atoms with van der Waals surface area (Å²) in [5.74, 6) is -2.97. The maximum absolute atomic E-state index is 13.7. The molecular weight excluding hydrogens is 836 g/mol. The monoisotopic (exact) mass is 876 g/mol. The Kier molecular flexibility index (Phi) is 11.4. The van der Waals surface area contributed by atoms with Gasteiger partial charge in [0.1, 0.15) is 43.8 Å². The van der Waals surface area contributed by atoms with E-state index >= 15 is 0 Å². The Morgan fingerprint density at radius 3 is 2.48 bits per heavy atom. The Morgan fingerprint density at radius 1 is 0.968 bits per heavy atom. The van der Waals surface area contributed by atoms with Gasteiger partial charge in [-0.25, -0.2) is 19.4 Å². The van der Waals surface area contributed by atoms with E-state index in [1.165, 1.54) is 29.7 Å². The predicted molar refractivity (Wildman–Crippen MR) is 210 cm³/mol. The van der Waals surface area contributed by atoms with Crippen LogP contribution in [0.15, 0.2) is 41.2 Å². The van der Waals surface area contributed by atoms with Crippen LogP contribution in [0.2, 0.25) is 0 Å². The Labute approximate surface area is 354 Å². The van der Waals surface area contributed by atoms with E-state index in [9.17, 15) is 54.3 Å². The molecule has 2 aromatic heterocycles. The van der Waals surface area contributed by atoms with Crippen LogP contribution in [0.4, 0.5) is 10.5 Å². The molecule has 1 saturated heterocycles. The number of alkyl carbamates (subject to hydrolysis) is 1. The number of nitrogens with two attached hydrogens (primary N) is 1. The number of aliphatic carboxylic acids is 1. The number of carboxylic acids is 1. The third-order valence-corrected chi connectivity index (χ3v) is 10.9. The number of benzene rings is 2. The molecule has 6 atom stereocenters. The van der Waals surface area contributed by atoms with E-state index in [0.29, 0.717) is 50.5 Å². The first kappa shape index (κ1) is 42.8. The van der Waals surface area contributed by atoms with Gasteiger partial charge in [-0.15, -0.1) is 0 Å². The average molecular weight is 877 g/mol. The van der Waals surface area contributed by atoms with Crippen molar-refractivity contribution in [2.45, 2.75) is 76.0 Å². The average Bonchev–Trinajstić information content (AvgIpc) is 3.87. The Hall–Kier alpha value is -6.89. The van der Waals surface area contributed by atoms with E-state index in [2.05, 4.69) is 16.0 Å². The minimum atomic E-state index is -2.08. The number of pyridine rings is 2. The SMILES string of the molecule is C[C@@]1(O)C(=O)OCc2c1cc1n(c2=O)Cc2c-1nc1cc3c(cc1c2CNC(=O)CNC(=O)OCc1ccc(O[C@@H]2O[C@H](C(=O)O)[C@@H](O)[C@H](O)[C@H]2O)c(NC(=O)CCN)c1)OCO3. The van der Waals surface area contributed by atoms with Gasteiger partial charge in [-0.3, -0.25) is 14.4 Å². The third kappa shape index (κ3) is 8.03. The molecule has 4 aliphatic rings. The summed E-state index contributed by atoms with van der Waals surface area (Å²) in [5, 5.41) is 59.3. The second-order valence-corrected chi connectivity index (χ2v) is 15.1. The van der Waals surface area contributed by atoms with Gasteiger partial charge in [-0.2, -0.15) is 0 Å². The molecule has 332 valence electrons. The zero-order valence-corrected chi connectivity index (χ0v) is 33.1. The van der Waals surface area contributed by atoms with E-state index in [-0.39, 0.29) is 68.6 Å². The highest BCUT2D eigenvalue weighted by molar-refractivity contribution is 5.93. The maximum Gasteiger partial charge on any atom is 0.407 e. The molecule has 6 heterocycles. The van der Waals surface area contributed by atoms with E-state index in [1.807, 2.05) is 0 Å². The largest absolute Gasteiger partial charge is 0.479 e. The second kappa shape index (κ2) is 16.8. The number of amides is 3. The lowest BCUT2D eigenvalue weighted by atomic mass is 9.89. The normalized spacial score (nSPS) is 22.9. The molecule has 23 heteroatoms. The summed E-state index contributed by atoms with van der Waals surface area (Å²) in [5.41, 5.74) is 5.78. The highest BCUT2D eigenvalue weighted by Crippen LogP contribution is 2.43. The van der Waals surface area contributed by atoms with Crippen LogP contribution in [0, 0.1) is 0 Å². The zero-order valence-electron chi connectivity index (χ0n) is 33.1. The number of esters is 1. The number of aromatic nitrogens is 2. The zero-order chi connectivity index (χ0) is 44.9. The minimum absolute atomic E-state index is 0.0106. The van der Waals surface area contributed by atoms with Crippen LogP contribution in [0.1, 0.15) is 41.2 Å². The summed E-state index contributed by atoms with van der Waals surface area (Å²) < 4.78 is 33.8. The number of hydrogen-bond donors (Lipinski definition) is 9. The van der Waals surface area contributed by atoms with Crippen LogP contribution in [0.5, 0.6) is 17.2 Å². The van der Waals surface area contributed by atoms with Crippen molar-refractivity contribution in [1.82, 2.24) is 20.2 Å². The lowest BCUT2D eigenvalue weighted by Gasteiger charge is -2.38. The first-order chi connectivity index (χ1) is 30.0. The maximum atomic E-state index is 13.7. The number of hydrogen-bond acceptors (Lipinski definition) is 18. The molecule has 0 bridgehead atoms. The number of carbonyl (C=O) groups is 5. The number of anilines is 1. The minimum Gasteiger partial charge on any atom is -0.479 e. The van der Waals surface area contributed by atoms with E-state index < -0.39 is 78.3 Å². The lowest BCUT2D eigenvalue weighted by molar-refractivity contribution is -0.271. The first-order valence-electron chi connectivity index (χ1n) is 19.4. The topological polar surface area (TPSA) is 339 Å². The van der Waals surface area contributed by atoms with Crippen LogP contribution in [-0.2, 0) is 65.3 Å². The predicted octanol–water partition coefficient (Wildman–Crippen LogP) is -1.48. The van der Waals surface area contributed by atoms with Crippen molar-refractivity contribution in [3.8, 4) is 28.6 Å². The van der Waals surface area contributed by atoms with Crippen LogP contribution in [0.3, 0.4) is 0 Å². The molecule has 10 N–H and O–H groups in total. The molecule has 4 aliphatic heterocycles. The van der Waals surface area contributed by atoms with Crippen LogP contribution in [-0.4, -0.2) is 116 Å². The van der Waals surface area contributed by atoms with E-state index in [0.717, 1.165) is 0 Å². The van der Waals surface area contributed by atoms with Crippen LogP contribution >= 0.6 is 0 Å². The summed E-state index contributed by atoms with van der Waals surface area (Å²) >= 11 is 0. The number of carboxylic acid groups (broad SMARTS) is 1. The van der Waals surface area contributed by atoms with Crippen LogP contribution in [0.25, 0.3) is 22.3 Å². The summed E-state index contributed by atoms with van der Waals surface area (Å²) in [7, 11) is 0. The number of aliphatic hydroxyl groups excluding tert-OH is 3. The van der Waals surface area contributed by atoms with Gasteiger partial charge < -0.3 is 80.2 Å². The molecule has 0 spiro atoms. The van der Waals surface area contributed by atoms with Crippen molar-refractivity contribution in [3.63, 3.8) is 0 Å². The molecule has 0 aliphatic carbocycles. The van der Waals surface area contributed by atoms with E-state index in [1.54, 1.807) is 18.2 Å². The number of fused-ring (bicyclic) bond motifs is 6. The molecule has 3 amide bonds. The third-order valence-electron chi connectivity index (χ3n) is 10.9. The van der Waals surface area contributed by atoms with Gasteiger partial charge in [0.05, 0.1) is 34.7 Å². The molecule has 2 aromatic carbocycles. The molecule has 0 radical (unpaired) electrons. The molecule has 0 unspecified atom stereocenters. The van der Waals surface area contributed by atoms with Gasteiger partial charge in [0.25, 0.3) is 5.56 Å². The number of ether oxygens (including phenoxy) is 6. The summed E-state index contributed by atoms with van der Waals surface area (Å²) in [4.78, 5) is 80.9. The molecular formula is C40H40N6O17. The highest BCUT2D eigenvalue weighted by Gasteiger charge is 2.48. The van der Waals surface area contributed by atoms with Crippen molar-refractivity contribution in [2.75, 3.05) is 25.2 Å². The Balaban J connectivity index is 0.946. The van der Waals surface area contributed by atoms with Crippen molar-refractivity contribution in [2.24, 2.45) is 5.73 Å². The van der Waals surface area contributed by atoms with Crippen LogP contribution < -0.4 is 41.5 Å². The van der Waals surface area contributed by atoms with Gasteiger partial charge in [-0.05, 0) is 42.3 Å². The second-order valence-electron chi connectivity index (χ2n) is 15.1. The lowest BCUT2D eigenvalue weighted by Crippen LogP contribution is -2.61. The first-order valence-corrected chi connectivity index (χ1v) is 19.4. The molecule has 63 heavy (non-hydrogen) atoms. The van der Waals surface area contributed by atoms with Gasteiger partial charge in [0.2, 0.25) is 24.9 Å². The number of nitrogens with one attached hydrogen (secondary N) is 3. The Bertz CT molecular complexity index is 2630. The van der Waals surface area contributed by atoms with Crippen molar-refractivity contribution in [1.29, 1.82) is 0 Å². The van der Waals surface area contributed by atoms with Gasteiger partial charge in [0.15, 0.2) is 23.2 Å². The summed E-state index contributed by atoms with van der Waals surface area (Å²) in [6.45, 7) is -0.0541. The molecule has 23 nitrogen and oxygen atoms in total. The quantitative estimate of drug-likeness (QED) is 0.0645. The van der Waals surface area contributed by atoms with Gasteiger partial charge in [-0.1, -0.05) is 6.07 Å². The number of carbonyl (C=O) groups excluding carboxylic acids is 4. The fraction of sp³-hybridized carbons (Fsp3) is 0.375.